The molecule has 0 unspecified atom stereocenters. The minimum Gasteiger partial charge on any atom is -0.456 e. The number of carbonyl (C=O) groups excluding carboxylic acids is 1. The van der Waals surface area contributed by atoms with E-state index in [4.69, 9.17) is 35.3 Å². The van der Waals surface area contributed by atoms with E-state index in [1.807, 2.05) is 44.7 Å². The molecule has 1 heterocycles. The molecular formula is C33H55ClO6S. The summed E-state index contributed by atoms with van der Waals surface area (Å²) in [6, 6.07) is 5.67. The Hall–Kier alpha value is -0.830. The van der Waals surface area contributed by atoms with Crippen LogP contribution in [0, 0.1) is 0 Å². The standard InChI is InChI=1S/C33H55ClO6S/c1-8-12-18-36-23-27-28(37-19-13-9-2)29(38-20-14-10-3)30(39-21-15-11-4)31(41-27)24-16-17-26(34)25(22-24)32(35)40-33(5,6)7/h16-17,22,27-31H,8-15,18-21,23H2,1-7H3/t27-,28-,29+,30-,31+/m1/s1. The van der Waals surface area contributed by atoms with Crippen LogP contribution in [0.25, 0.3) is 0 Å². The highest BCUT2D eigenvalue weighted by Crippen LogP contribution is 2.47. The van der Waals surface area contributed by atoms with Crippen molar-refractivity contribution in [3.05, 3.63) is 34.3 Å². The van der Waals surface area contributed by atoms with E-state index in [-0.39, 0.29) is 28.8 Å². The first-order valence-electron chi connectivity index (χ1n) is 15.8. The minimum absolute atomic E-state index is 0.0482. The maximum absolute atomic E-state index is 13.1. The number of rotatable bonds is 19. The summed E-state index contributed by atoms with van der Waals surface area (Å²) < 4.78 is 31.8. The summed E-state index contributed by atoms with van der Waals surface area (Å²) in [6.07, 6.45) is 7.52. The Morgan fingerprint density at radius 3 is 1.90 bits per heavy atom. The van der Waals surface area contributed by atoms with Crippen molar-refractivity contribution in [2.24, 2.45) is 0 Å². The van der Waals surface area contributed by atoms with Crippen molar-refractivity contribution >= 4 is 29.3 Å². The van der Waals surface area contributed by atoms with Gasteiger partial charge < -0.3 is 23.7 Å². The fourth-order valence-corrected chi connectivity index (χ4v) is 6.46. The highest BCUT2D eigenvalue weighted by atomic mass is 35.5. The molecule has 0 amide bonds. The van der Waals surface area contributed by atoms with Crippen LogP contribution in [-0.2, 0) is 23.7 Å². The van der Waals surface area contributed by atoms with E-state index in [9.17, 15) is 4.79 Å². The lowest BCUT2D eigenvalue weighted by Crippen LogP contribution is -2.55. The maximum atomic E-state index is 13.1. The van der Waals surface area contributed by atoms with E-state index < -0.39 is 11.6 Å². The topological polar surface area (TPSA) is 63.2 Å². The highest BCUT2D eigenvalue weighted by Gasteiger charge is 2.48. The molecule has 8 heteroatoms. The van der Waals surface area contributed by atoms with Gasteiger partial charge in [0.05, 0.1) is 27.7 Å². The van der Waals surface area contributed by atoms with Crippen LogP contribution >= 0.6 is 23.4 Å². The van der Waals surface area contributed by atoms with Crippen molar-refractivity contribution in [3.63, 3.8) is 0 Å². The molecule has 1 saturated heterocycles. The molecule has 0 N–H and O–H groups in total. The fourth-order valence-electron chi connectivity index (χ4n) is 4.64. The van der Waals surface area contributed by atoms with Crippen LogP contribution in [0.3, 0.4) is 0 Å². The molecule has 0 aromatic heterocycles. The third kappa shape index (κ3) is 12.4. The van der Waals surface area contributed by atoms with Crippen LogP contribution in [-0.4, -0.2) is 68.2 Å². The van der Waals surface area contributed by atoms with Gasteiger partial charge in [-0.2, -0.15) is 0 Å². The van der Waals surface area contributed by atoms with E-state index >= 15 is 0 Å². The Morgan fingerprint density at radius 2 is 1.34 bits per heavy atom. The Labute approximate surface area is 258 Å². The average molecular weight is 615 g/mol. The molecule has 5 atom stereocenters. The van der Waals surface area contributed by atoms with Crippen molar-refractivity contribution in [1.29, 1.82) is 0 Å². The predicted octanol–water partition coefficient (Wildman–Crippen LogP) is 8.82. The minimum atomic E-state index is -0.621. The number of unbranched alkanes of at least 4 members (excludes halogenated alkanes) is 4. The zero-order valence-corrected chi connectivity index (χ0v) is 28.1. The molecule has 1 aromatic carbocycles. The summed E-state index contributed by atoms with van der Waals surface area (Å²) >= 11 is 8.34. The Morgan fingerprint density at radius 1 is 0.805 bits per heavy atom. The first-order chi connectivity index (χ1) is 19.7. The van der Waals surface area contributed by atoms with E-state index in [1.54, 1.807) is 6.07 Å². The molecule has 6 nitrogen and oxygen atoms in total. The third-order valence-corrected chi connectivity index (χ3v) is 8.84. The molecular weight excluding hydrogens is 560 g/mol. The van der Waals surface area contributed by atoms with E-state index in [0.29, 0.717) is 37.0 Å². The molecule has 2 rings (SSSR count). The van der Waals surface area contributed by atoms with Gasteiger partial charge in [-0.05, 0) is 64.2 Å². The lowest BCUT2D eigenvalue weighted by molar-refractivity contribution is -0.149. The monoisotopic (exact) mass is 614 g/mol. The zero-order valence-electron chi connectivity index (χ0n) is 26.5. The Balaban J connectivity index is 2.52. The van der Waals surface area contributed by atoms with Crippen LogP contribution in [0.1, 0.15) is 121 Å². The molecule has 0 saturated carbocycles. The maximum Gasteiger partial charge on any atom is 0.340 e. The first-order valence-corrected chi connectivity index (χ1v) is 17.1. The molecule has 1 fully saturated rings. The van der Waals surface area contributed by atoms with Crippen molar-refractivity contribution in [1.82, 2.24) is 0 Å². The number of carbonyl (C=O) groups is 1. The molecule has 1 aromatic rings. The predicted molar refractivity (Wildman–Crippen MR) is 170 cm³/mol. The smallest absolute Gasteiger partial charge is 0.340 e. The van der Waals surface area contributed by atoms with E-state index in [1.165, 1.54) is 0 Å². The number of hydrogen-bond donors (Lipinski definition) is 0. The number of hydrogen-bond acceptors (Lipinski definition) is 7. The van der Waals surface area contributed by atoms with Gasteiger partial charge in [0.15, 0.2) is 0 Å². The number of benzene rings is 1. The second-order valence-electron chi connectivity index (χ2n) is 11.8. The third-order valence-electron chi connectivity index (χ3n) is 6.92. The molecule has 41 heavy (non-hydrogen) atoms. The largest absolute Gasteiger partial charge is 0.456 e. The average Bonchev–Trinajstić information content (AvgIpc) is 2.92. The van der Waals surface area contributed by atoms with Gasteiger partial charge in [-0.3, -0.25) is 0 Å². The van der Waals surface area contributed by atoms with Crippen LogP contribution < -0.4 is 0 Å². The number of ether oxygens (including phenoxy) is 5. The summed E-state index contributed by atoms with van der Waals surface area (Å²) in [6.45, 7) is 17.5. The number of esters is 1. The summed E-state index contributed by atoms with van der Waals surface area (Å²) in [5.41, 5.74) is 0.716. The lowest BCUT2D eigenvalue weighted by atomic mass is 9.95. The molecule has 1 aliphatic rings. The fraction of sp³-hybridized carbons (Fsp3) is 0.788. The van der Waals surface area contributed by atoms with Crippen molar-refractivity contribution in [2.75, 3.05) is 33.0 Å². The van der Waals surface area contributed by atoms with Crippen molar-refractivity contribution in [3.8, 4) is 0 Å². The SMILES string of the molecule is CCCCOC[C@H]1S[C@@H](c2ccc(Cl)c(C(=O)OC(C)(C)C)c2)[C@H](OCCCC)[C@@H](OCCCC)[C@@H]1OCCCC. The van der Waals surface area contributed by atoms with Crippen molar-refractivity contribution in [2.45, 2.75) is 134 Å². The van der Waals surface area contributed by atoms with Gasteiger partial charge in [0.2, 0.25) is 0 Å². The van der Waals surface area contributed by atoms with Gasteiger partial charge in [-0.25, -0.2) is 4.79 Å². The Bertz CT molecular complexity index is 876. The normalized spacial score (nSPS) is 23.1. The highest BCUT2D eigenvalue weighted by molar-refractivity contribution is 8.00. The van der Waals surface area contributed by atoms with Crippen LogP contribution in [0.2, 0.25) is 5.02 Å². The van der Waals surface area contributed by atoms with Gasteiger partial charge in [0.25, 0.3) is 0 Å². The summed E-state index contributed by atoms with van der Waals surface area (Å²) in [5.74, 6) is -0.426. The summed E-state index contributed by atoms with van der Waals surface area (Å²) in [7, 11) is 0. The van der Waals surface area contributed by atoms with Crippen LogP contribution in [0.5, 0.6) is 0 Å². The van der Waals surface area contributed by atoms with Gasteiger partial charge in [0, 0.05) is 26.4 Å². The van der Waals surface area contributed by atoms with Crippen LogP contribution in [0.15, 0.2) is 18.2 Å². The molecule has 0 bridgehead atoms. The second kappa shape index (κ2) is 19.4. The summed E-state index contributed by atoms with van der Waals surface area (Å²) in [4.78, 5) is 13.1. The number of halogens is 1. The quantitative estimate of drug-likeness (QED) is 0.114. The first kappa shape index (κ1) is 36.4. The molecule has 236 valence electrons. The summed E-state index contributed by atoms with van der Waals surface area (Å²) in [5, 5.41) is 0.331. The van der Waals surface area contributed by atoms with Crippen molar-refractivity contribution < 1.29 is 28.5 Å². The van der Waals surface area contributed by atoms with Gasteiger partial charge in [-0.1, -0.05) is 71.0 Å². The molecule has 1 aliphatic heterocycles. The van der Waals surface area contributed by atoms with Gasteiger partial charge >= 0.3 is 5.97 Å². The molecule has 0 spiro atoms. The lowest BCUT2D eigenvalue weighted by Gasteiger charge is -2.46. The van der Waals surface area contributed by atoms with Crippen LogP contribution in [0.4, 0.5) is 0 Å². The van der Waals surface area contributed by atoms with E-state index in [0.717, 1.165) is 63.5 Å². The van der Waals surface area contributed by atoms with Gasteiger partial charge in [0.1, 0.15) is 23.9 Å². The second-order valence-corrected chi connectivity index (χ2v) is 13.6. The molecule has 0 radical (unpaired) electrons. The Kier molecular flexibility index (Phi) is 17.2. The zero-order chi connectivity index (χ0) is 30.3. The number of thioether (sulfide) groups is 1. The van der Waals surface area contributed by atoms with E-state index in [2.05, 4.69) is 27.7 Å². The van der Waals surface area contributed by atoms with Gasteiger partial charge in [-0.15, -0.1) is 11.8 Å². The molecule has 0 aliphatic carbocycles.